The molecule has 1 unspecified atom stereocenters. The summed E-state index contributed by atoms with van der Waals surface area (Å²) in [5, 5.41) is 2.92. The van der Waals surface area contributed by atoms with E-state index in [-0.39, 0.29) is 11.9 Å². The van der Waals surface area contributed by atoms with Gasteiger partial charge in [0.1, 0.15) is 5.82 Å². The summed E-state index contributed by atoms with van der Waals surface area (Å²) in [6.45, 7) is 1.88. The van der Waals surface area contributed by atoms with Crippen LogP contribution in [0.25, 0.3) is 0 Å². The lowest BCUT2D eigenvalue weighted by atomic mass is 10.2. The molecule has 1 rings (SSSR count). The lowest BCUT2D eigenvalue weighted by Gasteiger charge is -2.15. The molecule has 0 saturated heterocycles. The van der Waals surface area contributed by atoms with Crippen LogP contribution >= 0.6 is 11.6 Å². The molecule has 0 radical (unpaired) electrons. The lowest BCUT2D eigenvalue weighted by molar-refractivity contribution is -0.137. The largest absolute Gasteiger partial charge is 0.416 e. The van der Waals surface area contributed by atoms with E-state index in [9.17, 15) is 13.2 Å². The van der Waals surface area contributed by atoms with Crippen LogP contribution in [0.15, 0.2) is 18.3 Å². The molecule has 96 valence electrons. The maximum Gasteiger partial charge on any atom is 0.416 e. The fourth-order valence-electron chi connectivity index (χ4n) is 1.39. The number of rotatable bonds is 5. The van der Waals surface area contributed by atoms with Crippen molar-refractivity contribution >= 4 is 17.4 Å². The van der Waals surface area contributed by atoms with E-state index in [1.54, 1.807) is 0 Å². The molecule has 0 fully saturated rings. The van der Waals surface area contributed by atoms with Crippen LogP contribution in [0.1, 0.15) is 25.3 Å². The van der Waals surface area contributed by atoms with E-state index in [4.69, 9.17) is 11.6 Å². The Morgan fingerprint density at radius 2 is 2.18 bits per heavy atom. The van der Waals surface area contributed by atoms with Crippen LogP contribution in [-0.2, 0) is 6.18 Å². The molecule has 0 amide bonds. The van der Waals surface area contributed by atoms with Crippen LogP contribution in [0.5, 0.6) is 0 Å². The number of nitrogens with zero attached hydrogens (tertiary/aromatic N) is 1. The molecular weight excluding hydrogens is 253 g/mol. The van der Waals surface area contributed by atoms with Crippen LogP contribution in [0.3, 0.4) is 0 Å². The van der Waals surface area contributed by atoms with E-state index in [0.29, 0.717) is 5.88 Å². The molecule has 6 heteroatoms. The Morgan fingerprint density at radius 3 is 2.76 bits per heavy atom. The van der Waals surface area contributed by atoms with Crippen molar-refractivity contribution in [1.29, 1.82) is 0 Å². The minimum absolute atomic E-state index is 0.0460. The van der Waals surface area contributed by atoms with Gasteiger partial charge in [-0.3, -0.25) is 0 Å². The summed E-state index contributed by atoms with van der Waals surface area (Å²) in [4.78, 5) is 3.86. The van der Waals surface area contributed by atoms with Crippen molar-refractivity contribution in [3.05, 3.63) is 23.9 Å². The Balaban J connectivity index is 2.66. The van der Waals surface area contributed by atoms with Gasteiger partial charge in [0.15, 0.2) is 0 Å². The molecule has 0 bridgehead atoms. The Bertz CT molecular complexity index is 355. The third-order valence-corrected chi connectivity index (χ3v) is 2.52. The van der Waals surface area contributed by atoms with Crippen molar-refractivity contribution in [2.24, 2.45) is 0 Å². The first-order chi connectivity index (χ1) is 7.93. The molecule has 0 spiro atoms. The minimum atomic E-state index is -4.33. The average molecular weight is 267 g/mol. The number of hydrogen-bond donors (Lipinski definition) is 1. The van der Waals surface area contributed by atoms with Gasteiger partial charge in [-0.1, -0.05) is 0 Å². The molecule has 1 N–H and O–H groups in total. The first-order valence-electron chi connectivity index (χ1n) is 5.29. The Morgan fingerprint density at radius 1 is 1.47 bits per heavy atom. The number of alkyl halides is 4. The van der Waals surface area contributed by atoms with Gasteiger partial charge in [-0.05, 0) is 31.9 Å². The van der Waals surface area contributed by atoms with E-state index in [1.807, 2.05) is 6.92 Å². The summed E-state index contributed by atoms with van der Waals surface area (Å²) in [6, 6.07) is 2.01. The zero-order valence-corrected chi connectivity index (χ0v) is 10.1. The molecule has 0 aromatic carbocycles. The molecular formula is C11H14ClF3N2. The number of halogens is 4. The number of nitrogens with one attached hydrogen (secondary N) is 1. The highest BCUT2D eigenvalue weighted by Gasteiger charge is 2.30. The molecule has 0 aliphatic carbocycles. The van der Waals surface area contributed by atoms with Gasteiger partial charge in [0.05, 0.1) is 5.56 Å². The van der Waals surface area contributed by atoms with Crippen molar-refractivity contribution < 1.29 is 13.2 Å². The number of anilines is 1. The third kappa shape index (κ3) is 4.81. The van der Waals surface area contributed by atoms with Gasteiger partial charge in [-0.25, -0.2) is 4.98 Å². The van der Waals surface area contributed by atoms with Gasteiger partial charge in [-0.2, -0.15) is 13.2 Å². The highest BCUT2D eigenvalue weighted by molar-refractivity contribution is 6.17. The summed E-state index contributed by atoms with van der Waals surface area (Å²) in [5.41, 5.74) is -0.695. The lowest BCUT2D eigenvalue weighted by Crippen LogP contribution is -2.17. The molecule has 1 aromatic rings. The second-order valence-electron chi connectivity index (χ2n) is 3.80. The molecule has 0 aliphatic rings. The molecule has 0 saturated carbocycles. The molecule has 0 aliphatic heterocycles. The van der Waals surface area contributed by atoms with Crippen molar-refractivity contribution in [3.8, 4) is 0 Å². The average Bonchev–Trinajstić information content (AvgIpc) is 2.25. The monoisotopic (exact) mass is 266 g/mol. The molecule has 17 heavy (non-hydrogen) atoms. The van der Waals surface area contributed by atoms with Gasteiger partial charge >= 0.3 is 6.18 Å². The quantitative estimate of drug-likeness (QED) is 0.817. The second kappa shape index (κ2) is 6.10. The Labute approximate surface area is 103 Å². The fourth-order valence-corrected chi connectivity index (χ4v) is 1.55. The smallest absolute Gasteiger partial charge is 0.368 e. The van der Waals surface area contributed by atoms with E-state index >= 15 is 0 Å². The van der Waals surface area contributed by atoms with Crippen molar-refractivity contribution in [2.45, 2.75) is 32.0 Å². The molecule has 1 aromatic heterocycles. The van der Waals surface area contributed by atoms with E-state index in [2.05, 4.69) is 10.3 Å². The highest BCUT2D eigenvalue weighted by Crippen LogP contribution is 2.30. The van der Waals surface area contributed by atoms with Crippen LogP contribution in [0.4, 0.5) is 19.0 Å². The Kier molecular flexibility index (Phi) is 5.05. The van der Waals surface area contributed by atoms with Crippen molar-refractivity contribution in [1.82, 2.24) is 4.98 Å². The van der Waals surface area contributed by atoms with E-state index in [1.165, 1.54) is 0 Å². The zero-order chi connectivity index (χ0) is 12.9. The second-order valence-corrected chi connectivity index (χ2v) is 4.18. The van der Waals surface area contributed by atoms with Crippen LogP contribution < -0.4 is 5.32 Å². The maximum absolute atomic E-state index is 12.4. The maximum atomic E-state index is 12.4. The summed E-state index contributed by atoms with van der Waals surface area (Å²) < 4.78 is 37.3. The standard InChI is InChI=1S/C11H14ClF3N2/c1-8(3-2-5-12)17-10-7-9(4-6-16-10)11(13,14)15/h4,6-8H,2-3,5H2,1H3,(H,16,17). The van der Waals surface area contributed by atoms with Crippen LogP contribution in [0, 0.1) is 0 Å². The number of aromatic nitrogens is 1. The SMILES string of the molecule is CC(CCCCl)Nc1cc(C(F)(F)F)ccn1. The summed E-state index contributed by atoms with van der Waals surface area (Å²) in [7, 11) is 0. The van der Waals surface area contributed by atoms with Crippen LogP contribution in [-0.4, -0.2) is 16.9 Å². The third-order valence-electron chi connectivity index (χ3n) is 2.25. The van der Waals surface area contributed by atoms with Gasteiger partial charge in [-0.15, -0.1) is 11.6 Å². The summed E-state index contributed by atoms with van der Waals surface area (Å²) >= 11 is 5.54. The summed E-state index contributed by atoms with van der Waals surface area (Å²) in [5.74, 6) is 0.782. The predicted octanol–water partition coefficient (Wildman–Crippen LogP) is 3.92. The molecule has 1 atom stereocenters. The zero-order valence-electron chi connectivity index (χ0n) is 9.39. The highest BCUT2D eigenvalue weighted by atomic mass is 35.5. The normalized spacial score (nSPS) is 13.5. The predicted molar refractivity (Wildman–Crippen MR) is 62.3 cm³/mol. The van der Waals surface area contributed by atoms with Crippen LogP contribution in [0.2, 0.25) is 0 Å². The molecule has 2 nitrogen and oxygen atoms in total. The first kappa shape index (κ1) is 14.1. The van der Waals surface area contributed by atoms with Gasteiger partial charge in [0.2, 0.25) is 0 Å². The first-order valence-corrected chi connectivity index (χ1v) is 5.82. The minimum Gasteiger partial charge on any atom is -0.368 e. The number of pyridine rings is 1. The van der Waals surface area contributed by atoms with Crippen molar-refractivity contribution in [3.63, 3.8) is 0 Å². The van der Waals surface area contributed by atoms with Crippen molar-refractivity contribution in [2.75, 3.05) is 11.2 Å². The van der Waals surface area contributed by atoms with Gasteiger partial charge < -0.3 is 5.32 Å². The number of hydrogen-bond acceptors (Lipinski definition) is 2. The van der Waals surface area contributed by atoms with Gasteiger partial charge in [0.25, 0.3) is 0 Å². The van der Waals surface area contributed by atoms with E-state index < -0.39 is 11.7 Å². The fraction of sp³-hybridized carbons (Fsp3) is 0.545. The Hall–Kier alpha value is -0.970. The topological polar surface area (TPSA) is 24.9 Å². The summed E-state index contributed by atoms with van der Waals surface area (Å²) in [6.07, 6.45) is -1.58. The van der Waals surface area contributed by atoms with Gasteiger partial charge in [0, 0.05) is 18.1 Å². The molecule has 1 heterocycles. The van der Waals surface area contributed by atoms with E-state index in [0.717, 1.165) is 31.2 Å².